The van der Waals surface area contributed by atoms with Crippen LogP contribution in [0.2, 0.25) is 0 Å². The van der Waals surface area contributed by atoms with Gasteiger partial charge in [0.15, 0.2) is 0 Å². The zero-order chi connectivity index (χ0) is 22.4. The zero-order valence-corrected chi connectivity index (χ0v) is 17.4. The van der Waals surface area contributed by atoms with E-state index in [4.69, 9.17) is 0 Å². The lowest BCUT2D eigenvalue weighted by Crippen LogP contribution is -2.57. The minimum absolute atomic E-state index is 0.146. The highest BCUT2D eigenvalue weighted by atomic mass is 19.4. The number of benzene rings is 1. The van der Waals surface area contributed by atoms with Gasteiger partial charge in [-0.05, 0) is 63.8 Å². The zero-order valence-electron chi connectivity index (χ0n) is 17.4. The van der Waals surface area contributed by atoms with E-state index in [2.05, 4.69) is 25.4 Å². The molecule has 3 N–H and O–H groups in total. The minimum atomic E-state index is -4.54. The van der Waals surface area contributed by atoms with Gasteiger partial charge in [-0.25, -0.2) is 4.98 Å². The summed E-state index contributed by atoms with van der Waals surface area (Å²) in [6, 6.07) is 2.20. The summed E-state index contributed by atoms with van der Waals surface area (Å²) >= 11 is 0. The Kier molecular flexibility index (Phi) is 5.55. The first-order valence-electron chi connectivity index (χ1n) is 10.4. The van der Waals surface area contributed by atoms with E-state index in [0.717, 1.165) is 44.8 Å². The van der Waals surface area contributed by atoms with E-state index >= 15 is 0 Å². The third kappa shape index (κ3) is 4.74. The second-order valence-corrected chi connectivity index (χ2v) is 8.89. The number of nitrogens with zero attached hydrogens (tertiary/aromatic N) is 4. The Morgan fingerprint density at radius 3 is 2.55 bits per heavy atom. The van der Waals surface area contributed by atoms with Crippen LogP contribution in [0.25, 0.3) is 11.3 Å². The summed E-state index contributed by atoms with van der Waals surface area (Å²) < 4.78 is 38.8. The number of hydrogen-bond donors (Lipinski definition) is 3. The predicted octanol–water partition coefficient (Wildman–Crippen LogP) is 3.36. The van der Waals surface area contributed by atoms with Crippen molar-refractivity contribution in [1.82, 2.24) is 20.1 Å². The quantitative estimate of drug-likeness (QED) is 0.675. The number of piperidine rings is 1. The van der Waals surface area contributed by atoms with Crippen molar-refractivity contribution in [2.24, 2.45) is 0 Å². The number of likely N-dealkylation sites (tertiary alicyclic amines) is 1. The van der Waals surface area contributed by atoms with Gasteiger partial charge < -0.3 is 15.5 Å². The fraction of sp³-hybridized carbons (Fsp3) is 0.571. The number of anilines is 1. The Hall–Kier alpha value is -2.46. The molecule has 2 aromatic rings. The molecule has 168 valence electrons. The molecule has 4 rings (SSSR count). The van der Waals surface area contributed by atoms with Crippen molar-refractivity contribution >= 4 is 5.95 Å². The van der Waals surface area contributed by atoms with Crippen molar-refractivity contribution in [3.05, 3.63) is 29.5 Å². The van der Waals surface area contributed by atoms with Crippen LogP contribution in [0.1, 0.15) is 43.7 Å². The summed E-state index contributed by atoms with van der Waals surface area (Å²) in [5.41, 5.74) is -0.851. The lowest BCUT2D eigenvalue weighted by Gasteiger charge is -2.49. The normalized spacial score (nSPS) is 27.0. The van der Waals surface area contributed by atoms with E-state index in [1.165, 1.54) is 13.1 Å². The molecular weight excluding hydrogens is 411 g/mol. The molecule has 31 heavy (non-hydrogen) atoms. The molecule has 1 aliphatic carbocycles. The molecule has 1 aromatic carbocycles. The highest BCUT2D eigenvalue weighted by Crippen LogP contribution is 2.38. The van der Waals surface area contributed by atoms with Crippen LogP contribution in [0.3, 0.4) is 0 Å². The number of nitrogens with one attached hydrogen (secondary N) is 1. The SMILES string of the molecule is Cc1cc(C(F)(F)F)cc(O)c1-c1cnc(NC2CCCN(C3CC(C)(O)C3)C2)nn1. The molecule has 10 heteroatoms. The highest BCUT2D eigenvalue weighted by molar-refractivity contribution is 5.70. The molecule has 0 bridgehead atoms. The Labute approximate surface area is 178 Å². The number of phenolic OH excluding ortho intramolecular Hbond substituents is 1. The Morgan fingerprint density at radius 1 is 1.23 bits per heavy atom. The van der Waals surface area contributed by atoms with Gasteiger partial charge in [0.25, 0.3) is 0 Å². The number of aromatic hydroxyl groups is 1. The maximum Gasteiger partial charge on any atom is 0.416 e. The summed E-state index contributed by atoms with van der Waals surface area (Å²) in [5.74, 6) is -0.177. The van der Waals surface area contributed by atoms with E-state index in [9.17, 15) is 23.4 Å². The molecule has 1 aliphatic heterocycles. The summed E-state index contributed by atoms with van der Waals surface area (Å²) in [4.78, 5) is 6.63. The number of phenols is 1. The largest absolute Gasteiger partial charge is 0.507 e. The van der Waals surface area contributed by atoms with E-state index in [1.54, 1.807) is 0 Å². The fourth-order valence-electron chi connectivity index (χ4n) is 4.57. The van der Waals surface area contributed by atoms with Crippen molar-refractivity contribution in [2.45, 2.75) is 63.4 Å². The van der Waals surface area contributed by atoms with E-state index < -0.39 is 23.1 Å². The predicted molar refractivity (Wildman–Crippen MR) is 109 cm³/mol. The number of hydrogen-bond acceptors (Lipinski definition) is 7. The van der Waals surface area contributed by atoms with Crippen molar-refractivity contribution in [2.75, 3.05) is 18.4 Å². The van der Waals surface area contributed by atoms with Gasteiger partial charge in [-0.1, -0.05) is 0 Å². The van der Waals surface area contributed by atoms with Crippen LogP contribution in [-0.4, -0.2) is 61.1 Å². The van der Waals surface area contributed by atoms with Gasteiger partial charge in [0.05, 0.1) is 17.4 Å². The van der Waals surface area contributed by atoms with Crippen LogP contribution < -0.4 is 5.32 Å². The van der Waals surface area contributed by atoms with Gasteiger partial charge in [-0.15, -0.1) is 10.2 Å². The average molecular weight is 437 g/mol. The third-order valence-corrected chi connectivity index (χ3v) is 6.11. The second-order valence-electron chi connectivity index (χ2n) is 8.89. The van der Waals surface area contributed by atoms with Crippen LogP contribution >= 0.6 is 0 Å². The van der Waals surface area contributed by atoms with Gasteiger partial charge in [0, 0.05) is 24.2 Å². The number of rotatable bonds is 4. The number of halogens is 3. The molecule has 2 aliphatic rings. The summed E-state index contributed by atoms with van der Waals surface area (Å²) in [6.45, 7) is 5.17. The van der Waals surface area contributed by atoms with Crippen molar-refractivity contribution in [3.8, 4) is 17.0 Å². The minimum Gasteiger partial charge on any atom is -0.507 e. The Balaban J connectivity index is 1.43. The Morgan fingerprint density at radius 2 is 1.97 bits per heavy atom. The first-order chi connectivity index (χ1) is 14.5. The average Bonchev–Trinajstić information content (AvgIpc) is 2.66. The van der Waals surface area contributed by atoms with Crippen molar-refractivity contribution < 1.29 is 23.4 Å². The molecule has 7 nitrogen and oxygen atoms in total. The molecule has 0 amide bonds. The molecule has 1 saturated heterocycles. The maximum atomic E-state index is 12.9. The molecule has 0 spiro atoms. The number of alkyl halides is 3. The van der Waals surface area contributed by atoms with Crippen LogP contribution in [0.4, 0.5) is 19.1 Å². The molecule has 1 saturated carbocycles. The van der Waals surface area contributed by atoms with E-state index in [1.807, 2.05) is 6.92 Å². The van der Waals surface area contributed by atoms with Crippen molar-refractivity contribution in [3.63, 3.8) is 0 Å². The first-order valence-corrected chi connectivity index (χ1v) is 10.4. The number of aromatic nitrogens is 3. The first kappa shape index (κ1) is 21.8. The molecule has 2 fully saturated rings. The number of aryl methyl sites for hydroxylation is 1. The smallest absolute Gasteiger partial charge is 0.416 e. The fourth-order valence-corrected chi connectivity index (χ4v) is 4.57. The second kappa shape index (κ2) is 7.90. The Bertz CT molecular complexity index is 918. The molecule has 1 aromatic heterocycles. The van der Waals surface area contributed by atoms with Crippen LogP contribution in [-0.2, 0) is 6.18 Å². The van der Waals surface area contributed by atoms with Gasteiger partial charge in [-0.3, -0.25) is 4.90 Å². The van der Waals surface area contributed by atoms with Crippen molar-refractivity contribution in [1.29, 1.82) is 0 Å². The lowest BCUT2D eigenvalue weighted by atomic mass is 9.76. The lowest BCUT2D eigenvalue weighted by molar-refractivity contribution is -0.137. The summed E-state index contributed by atoms with van der Waals surface area (Å²) in [5, 5.41) is 31.5. The number of aliphatic hydroxyl groups is 1. The van der Waals surface area contributed by atoms with Gasteiger partial charge in [0.1, 0.15) is 11.4 Å². The van der Waals surface area contributed by atoms with Crippen LogP contribution in [0, 0.1) is 6.92 Å². The molecule has 2 heterocycles. The summed E-state index contributed by atoms with van der Waals surface area (Å²) in [7, 11) is 0. The van der Waals surface area contributed by atoms with E-state index in [-0.39, 0.29) is 22.9 Å². The monoisotopic (exact) mass is 437 g/mol. The van der Waals surface area contributed by atoms with E-state index in [0.29, 0.717) is 18.1 Å². The van der Waals surface area contributed by atoms with Gasteiger partial charge in [-0.2, -0.15) is 13.2 Å². The van der Waals surface area contributed by atoms with Crippen LogP contribution in [0.15, 0.2) is 18.3 Å². The van der Waals surface area contributed by atoms with Gasteiger partial charge in [0.2, 0.25) is 5.95 Å². The molecule has 1 unspecified atom stereocenters. The molecule has 1 atom stereocenters. The molecular formula is C21H26F3N5O2. The topological polar surface area (TPSA) is 94.4 Å². The third-order valence-electron chi connectivity index (χ3n) is 6.11. The summed E-state index contributed by atoms with van der Waals surface area (Å²) in [6.07, 6.45) is 0.408. The standard InChI is InChI=1S/C21H26F3N5O2/c1-12-6-13(21(22,23)24)7-17(30)18(12)16-10-25-19(28-27-16)26-14-4-3-5-29(11-14)15-8-20(2,31)9-15/h6-7,10,14-15,30-31H,3-5,8-9,11H2,1-2H3,(H,25,26,28). The maximum absolute atomic E-state index is 12.9. The van der Waals surface area contributed by atoms with Crippen LogP contribution in [0.5, 0.6) is 5.75 Å². The highest BCUT2D eigenvalue weighted by Gasteiger charge is 2.42. The van der Waals surface area contributed by atoms with Gasteiger partial charge >= 0.3 is 6.18 Å². The molecule has 0 radical (unpaired) electrons.